The van der Waals surface area contributed by atoms with Crippen LogP contribution in [0.25, 0.3) is 0 Å². The van der Waals surface area contributed by atoms with Crippen molar-refractivity contribution in [1.29, 1.82) is 0 Å². The van der Waals surface area contributed by atoms with E-state index in [2.05, 4.69) is 20.8 Å². The Hall–Kier alpha value is -2.07. The van der Waals surface area contributed by atoms with Crippen LogP contribution in [0.15, 0.2) is 28.4 Å². The van der Waals surface area contributed by atoms with Crippen LogP contribution >= 0.6 is 23.4 Å². The second-order valence-corrected chi connectivity index (χ2v) is 8.98. The van der Waals surface area contributed by atoms with Gasteiger partial charge in [-0.3, -0.25) is 9.59 Å². The minimum atomic E-state index is -4.57. The number of carbonyl (C=O) groups excluding carboxylic acids is 2. The number of rotatable bonds is 4. The first-order valence-corrected chi connectivity index (χ1v) is 9.80. The molecule has 11 heteroatoms. The molecule has 29 heavy (non-hydrogen) atoms. The molecule has 1 aliphatic heterocycles. The molecule has 6 nitrogen and oxygen atoms in total. The lowest BCUT2D eigenvalue weighted by molar-refractivity contribution is -0.137. The number of hydrogen-bond acceptors (Lipinski definition) is 5. The number of thioether (sulfide) groups is 1. The molecule has 1 saturated heterocycles. The van der Waals surface area contributed by atoms with Gasteiger partial charge in [-0.05, 0) is 25.1 Å². The van der Waals surface area contributed by atoms with E-state index in [9.17, 15) is 22.8 Å². The molecule has 0 aliphatic carbocycles. The second kappa shape index (κ2) is 8.74. The summed E-state index contributed by atoms with van der Waals surface area (Å²) in [5, 5.41) is 12.4. The molecule has 0 spiro atoms. The van der Waals surface area contributed by atoms with Gasteiger partial charge in [0.2, 0.25) is 11.8 Å². The van der Waals surface area contributed by atoms with Gasteiger partial charge < -0.3 is 10.6 Å². The Kier molecular flexibility index (Phi) is 7.00. The molecule has 1 aliphatic rings. The highest BCUT2D eigenvalue weighted by Gasteiger charge is 2.33. The zero-order valence-corrected chi connectivity index (χ0v) is 17.7. The Balaban J connectivity index is 2.04. The van der Waals surface area contributed by atoms with Gasteiger partial charge in [0.25, 0.3) is 0 Å². The molecule has 0 aromatic heterocycles. The van der Waals surface area contributed by atoms with E-state index in [0.29, 0.717) is 0 Å². The third kappa shape index (κ3) is 6.46. The summed E-state index contributed by atoms with van der Waals surface area (Å²) in [5.41, 5.74) is -0.526. The van der Waals surface area contributed by atoms with Crippen LogP contribution in [0.2, 0.25) is 5.02 Å². The predicted molar refractivity (Wildman–Crippen MR) is 109 cm³/mol. The smallest absolute Gasteiger partial charge is 0.325 e. The van der Waals surface area contributed by atoms with Crippen LogP contribution in [0.3, 0.4) is 0 Å². The number of nitrogens with one attached hydrogen (secondary N) is 2. The molecule has 1 unspecified atom stereocenters. The van der Waals surface area contributed by atoms with E-state index < -0.39 is 28.8 Å². The average Bonchev–Trinajstić information content (AvgIpc) is 2.92. The summed E-state index contributed by atoms with van der Waals surface area (Å²) in [5.74, 6) is -1.07. The van der Waals surface area contributed by atoms with Crippen molar-refractivity contribution >= 4 is 51.7 Å². The zero-order chi connectivity index (χ0) is 22.0. The molecule has 1 aromatic carbocycles. The van der Waals surface area contributed by atoms with Crippen LogP contribution < -0.4 is 10.6 Å². The van der Waals surface area contributed by atoms with Gasteiger partial charge in [-0.25, -0.2) is 0 Å². The highest BCUT2D eigenvalue weighted by atomic mass is 35.5. The van der Waals surface area contributed by atoms with Gasteiger partial charge in [0.05, 0.1) is 16.3 Å². The fraction of sp³-hybridized carbons (Fsp3) is 0.444. The summed E-state index contributed by atoms with van der Waals surface area (Å²) in [6.07, 6.45) is -4.83. The summed E-state index contributed by atoms with van der Waals surface area (Å²) in [7, 11) is 0. The van der Waals surface area contributed by atoms with Crippen LogP contribution in [0, 0.1) is 5.41 Å². The minimum Gasteiger partial charge on any atom is -0.325 e. The summed E-state index contributed by atoms with van der Waals surface area (Å²) >= 11 is 6.90. The molecule has 1 aromatic rings. The maximum Gasteiger partial charge on any atom is 0.416 e. The quantitative estimate of drug-likeness (QED) is 0.517. The number of alkyl halides is 3. The van der Waals surface area contributed by atoms with Crippen molar-refractivity contribution in [3.8, 4) is 0 Å². The van der Waals surface area contributed by atoms with Gasteiger partial charge in [0, 0.05) is 17.5 Å². The first kappa shape index (κ1) is 23.2. The fourth-order valence-corrected chi connectivity index (χ4v) is 3.11. The van der Waals surface area contributed by atoms with E-state index in [0.717, 1.165) is 35.7 Å². The Morgan fingerprint density at radius 3 is 2.55 bits per heavy atom. The lowest BCUT2D eigenvalue weighted by atomic mass is 9.91. The van der Waals surface area contributed by atoms with Crippen molar-refractivity contribution in [3.63, 3.8) is 0 Å². The lowest BCUT2D eigenvalue weighted by Crippen LogP contribution is -2.28. The Morgan fingerprint density at radius 1 is 1.31 bits per heavy atom. The zero-order valence-electron chi connectivity index (χ0n) is 16.1. The monoisotopic (exact) mass is 448 g/mol. The van der Waals surface area contributed by atoms with E-state index in [4.69, 9.17) is 11.6 Å². The van der Waals surface area contributed by atoms with Crippen molar-refractivity contribution in [2.24, 2.45) is 15.6 Å². The molecular formula is C18H20ClF3N4O2S. The Labute approximate surface area is 175 Å². The van der Waals surface area contributed by atoms with Gasteiger partial charge in [-0.15, -0.1) is 5.10 Å². The molecule has 0 saturated carbocycles. The summed E-state index contributed by atoms with van der Waals surface area (Å²) in [6.45, 7) is 7.73. The topological polar surface area (TPSA) is 82.9 Å². The van der Waals surface area contributed by atoms with Crippen LogP contribution in [0.4, 0.5) is 18.9 Å². The van der Waals surface area contributed by atoms with Crippen LogP contribution in [0.5, 0.6) is 0 Å². The van der Waals surface area contributed by atoms with E-state index in [1.165, 1.54) is 0 Å². The normalized spacial score (nSPS) is 19.4. The molecule has 2 amide bonds. The van der Waals surface area contributed by atoms with E-state index in [1.54, 1.807) is 0 Å². The minimum absolute atomic E-state index is 0.0379. The van der Waals surface area contributed by atoms with Gasteiger partial charge in [-0.1, -0.05) is 44.1 Å². The standard InChI is InChI=1S/C18H20ClF3N4O2S/c1-9(17(2,3)4)25-26-16-24-15(28)13(29-16)8-14(27)23-12-7-10(18(20,21)22)5-6-11(12)19/h5-7,13H,8H2,1-4H3,(H,23,27)(H,24,26,28). The molecule has 0 radical (unpaired) electrons. The summed E-state index contributed by atoms with van der Waals surface area (Å²) < 4.78 is 38.5. The van der Waals surface area contributed by atoms with Gasteiger partial charge in [0.1, 0.15) is 5.25 Å². The Morgan fingerprint density at radius 2 is 1.97 bits per heavy atom. The number of halogens is 4. The maximum absolute atomic E-state index is 12.8. The number of nitrogens with zero attached hydrogens (tertiary/aromatic N) is 2. The SMILES string of the molecule is CC(=NN=C1NC(=O)C(CC(=O)Nc2cc(C(F)(F)F)ccc2Cl)S1)C(C)(C)C. The number of amidine groups is 1. The molecule has 0 bridgehead atoms. The average molecular weight is 449 g/mol. The highest BCUT2D eigenvalue weighted by molar-refractivity contribution is 8.15. The second-order valence-electron chi connectivity index (χ2n) is 7.38. The van der Waals surface area contributed by atoms with Gasteiger partial charge >= 0.3 is 6.18 Å². The number of amides is 2. The van der Waals surface area contributed by atoms with E-state index in [-0.39, 0.29) is 27.7 Å². The largest absolute Gasteiger partial charge is 0.416 e. The highest BCUT2D eigenvalue weighted by Crippen LogP contribution is 2.34. The maximum atomic E-state index is 12.8. The van der Waals surface area contributed by atoms with Crippen molar-refractivity contribution in [2.75, 3.05) is 5.32 Å². The van der Waals surface area contributed by atoms with E-state index >= 15 is 0 Å². The fourth-order valence-electron chi connectivity index (χ4n) is 2.02. The third-order valence-electron chi connectivity index (χ3n) is 4.09. The number of hydrogen-bond donors (Lipinski definition) is 2. The van der Waals surface area contributed by atoms with Crippen molar-refractivity contribution < 1.29 is 22.8 Å². The molecular weight excluding hydrogens is 429 g/mol. The molecule has 1 atom stereocenters. The van der Waals surface area contributed by atoms with Crippen molar-refractivity contribution in [3.05, 3.63) is 28.8 Å². The van der Waals surface area contributed by atoms with Crippen LogP contribution in [-0.2, 0) is 15.8 Å². The number of benzene rings is 1. The molecule has 2 N–H and O–H groups in total. The van der Waals surface area contributed by atoms with Gasteiger partial charge in [-0.2, -0.15) is 18.3 Å². The lowest BCUT2D eigenvalue weighted by Gasteiger charge is -2.16. The molecule has 158 valence electrons. The summed E-state index contributed by atoms with van der Waals surface area (Å²) in [6, 6.07) is 2.62. The van der Waals surface area contributed by atoms with Crippen molar-refractivity contribution in [2.45, 2.75) is 45.5 Å². The van der Waals surface area contributed by atoms with E-state index in [1.807, 2.05) is 27.7 Å². The number of anilines is 1. The van der Waals surface area contributed by atoms with Crippen molar-refractivity contribution in [1.82, 2.24) is 5.32 Å². The number of carbonyl (C=O) groups is 2. The Bertz CT molecular complexity index is 879. The molecule has 1 fully saturated rings. The molecule has 1 heterocycles. The van der Waals surface area contributed by atoms with Crippen LogP contribution in [-0.4, -0.2) is 27.9 Å². The van der Waals surface area contributed by atoms with Gasteiger partial charge in [0.15, 0.2) is 5.17 Å². The third-order valence-corrected chi connectivity index (χ3v) is 5.49. The summed E-state index contributed by atoms with van der Waals surface area (Å²) in [4.78, 5) is 24.3. The molecule has 2 rings (SSSR count). The predicted octanol–water partition coefficient (Wildman–Crippen LogP) is 4.70. The first-order chi connectivity index (χ1) is 13.3. The van der Waals surface area contributed by atoms with Crippen LogP contribution in [0.1, 0.15) is 39.7 Å². The first-order valence-electron chi connectivity index (χ1n) is 8.54.